The van der Waals surface area contributed by atoms with Crippen LogP contribution < -0.4 is 4.74 Å². The maximum absolute atomic E-state index is 11.4. The molecule has 0 heterocycles. The van der Waals surface area contributed by atoms with E-state index in [1.54, 1.807) is 44.2 Å². The number of carbonyl (C=O) groups excluding carboxylic acids is 1. The van der Waals surface area contributed by atoms with Crippen molar-refractivity contribution in [1.29, 1.82) is 0 Å². The number of ketones is 1. The third-order valence-corrected chi connectivity index (χ3v) is 3.13. The molecule has 1 aromatic rings. The van der Waals surface area contributed by atoms with Crippen molar-refractivity contribution in [3.8, 4) is 5.75 Å². The SMILES string of the molecule is COc1ccc(C(C)=O)cc1CN(C)C(C)C(=O)O. The van der Waals surface area contributed by atoms with E-state index in [1.165, 1.54) is 6.92 Å². The lowest BCUT2D eigenvalue weighted by atomic mass is 10.1. The Morgan fingerprint density at radius 2 is 2.05 bits per heavy atom. The first kappa shape index (κ1) is 15.2. The molecule has 1 aromatic carbocycles. The van der Waals surface area contributed by atoms with Gasteiger partial charge < -0.3 is 9.84 Å². The summed E-state index contributed by atoms with van der Waals surface area (Å²) in [6.45, 7) is 3.51. The highest BCUT2D eigenvalue weighted by Gasteiger charge is 2.18. The first-order valence-corrected chi connectivity index (χ1v) is 5.97. The van der Waals surface area contributed by atoms with Gasteiger partial charge >= 0.3 is 5.97 Å². The van der Waals surface area contributed by atoms with Crippen LogP contribution in [0.15, 0.2) is 18.2 Å². The van der Waals surface area contributed by atoms with Gasteiger partial charge in [0.05, 0.1) is 7.11 Å². The fourth-order valence-electron chi connectivity index (χ4n) is 1.72. The highest BCUT2D eigenvalue weighted by molar-refractivity contribution is 5.94. The lowest BCUT2D eigenvalue weighted by Crippen LogP contribution is -2.35. The van der Waals surface area contributed by atoms with E-state index in [1.807, 2.05) is 0 Å². The number of aliphatic carboxylic acids is 1. The van der Waals surface area contributed by atoms with Crippen LogP contribution in [-0.2, 0) is 11.3 Å². The number of hydrogen-bond acceptors (Lipinski definition) is 4. The van der Waals surface area contributed by atoms with E-state index < -0.39 is 12.0 Å². The summed E-state index contributed by atoms with van der Waals surface area (Å²) in [4.78, 5) is 24.0. The molecule has 104 valence electrons. The number of methoxy groups -OCH3 is 1. The maximum atomic E-state index is 11.4. The normalized spacial score (nSPS) is 12.3. The molecule has 0 bridgehead atoms. The lowest BCUT2D eigenvalue weighted by Gasteiger charge is -2.22. The summed E-state index contributed by atoms with van der Waals surface area (Å²) in [7, 11) is 3.27. The van der Waals surface area contributed by atoms with E-state index in [2.05, 4.69) is 0 Å². The van der Waals surface area contributed by atoms with Crippen LogP contribution in [0.2, 0.25) is 0 Å². The molecule has 19 heavy (non-hydrogen) atoms. The first-order chi connectivity index (χ1) is 8.86. The molecular formula is C14H19NO4. The number of ether oxygens (including phenoxy) is 1. The number of hydrogen-bond donors (Lipinski definition) is 1. The molecule has 0 saturated carbocycles. The van der Waals surface area contributed by atoms with Crippen molar-refractivity contribution in [2.24, 2.45) is 0 Å². The van der Waals surface area contributed by atoms with E-state index in [4.69, 9.17) is 9.84 Å². The van der Waals surface area contributed by atoms with E-state index in [-0.39, 0.29) is 5.78 Å². The number of carboxylic acids is 1. The van der Waals surface area contributed by atoms with Crippen LogP contribution in [0.3, 0.4) is 0 Å². The quantitative estimate of drug-likeness (QED) is 0.794. The second-order valence-corrected chi connectivity index (χ2v) is 4.51. The fraction of sp³-hybridized carbons (Fsp3) is 0.429. The van der Waals surface area contributed by atoms with Crippen molar-refractivity contribution in [2.75, 3.05) is 14.2 Å². The predicted molar refractivity (Wildman–Crippen MR) is 71.6 cm³/mol. The van der Waals surface area contributed by atoms with Gasteiger partial charge in [0.1, 0.15) is 11.8 Å². The van der Waals surface area contributed by atoms with Gasteiger partial charge in [-0.15, -0.1) is 0 Å². The molecule has 0 aliphatic carbocycles. The van der Waals surface area contributed by atoms with Crippen molar-refractivity contribution >= 4 is 11.8 Å². The summed E-state index contributed by atoms with van der Waals surface area (Å²) in [6.07, 6.45) is 0. The first-order valence-electron chi connectivity index (χ1n) is 5.97. The largest absolute Gasteiger partial charge is 0.496 e. The van der Waals surface area contributed by atoms with Crippen molar-refractivity contribution in [3.05, 3.63) is 29.3 Å². The molecule has 1 rings (SSSR count). The van der Waals surface area contributed by atoms with Crippen LogP contribution in [0.25, 0.3) is 0 Å². The van der Waals surface area contributed by atoms with Crippen molar-refractivity contribution in [3.63, 3.8) is 0 Å². The Kier molecular flexibility index (Phi) is 5.06. The molecule has 0 aromatic heterocycles. The van der Waals surface area contributed by atoms with Crippen LogP contribution >= 0.6 is 0 Å². The Balaban J connectivity index is 3.01. The molecule has 1 unspecified atom stereocenters. The summed E-state index contributed by atoms with van der Waals surface area (Å²) < 4.78 is 5.24. The Morgan fingerprint density at radius 3 is 2.53 bits per heavy atom. The molecule has 0 aliphatic heterocycles. The summed E-state index contributed by atoms with van der Waals surface area (Å²) in [5, 5.41) is 8.97. The Labute approximate surface area is 112 Å². The zero-order chi connectivity index (χ0) is 14.6. The average molecular weight is 265 g/mol. The van der Waals surface area contributed by atoms with Crippen LogP contribution in [-0.4, -0.2) is 42.0 Å². The van der Waals surface area contributed by atoms with Gasteiger partial charge in [0.15, 0.2) is 5.78 Å². The minimum atomic E-state index is -0.885. The number of Topliss-reactive ketones (excluding diaryl/α,β-unsaturated/α-hetero) is 1. The Morgan fingerprint density at radius 1 is 1.42 bits per heavy atom. The molecule has 0 saturated heterocycles. The number of carbonyl (C=O) groups is 2. The van der Waals surface area contributed by atoms with Gasteiger partial charge in [0.25, 0.3) is 0 Å². The molecule has 0 fully saturated rings. The minimum absolute atomic E-state index is 0.0298. The zero-order valence-electron chi connectivity index (χ0n) is 11.6. The number of likely N-dealkylation sites (N-methyl/N-ethyl adjacent to an activating group) is 1. The highest BCUT2D eigenvalue weighted by Crippen LogP contribution is 2.22. The standard InChI is InChI=1S/C14H19NO4/c1-9(14(17)18)15(3)8-12-7-11(10(2)16)5-6-13(12)19-4/h5-7,9H,8H2,1-4H3,(H,17,18). The molecule has 1 atom stereocenters. The molecule has 5 heteroatoms. The molecule has 0 aliphatic rings. The summed E-state index contributed by atoms with van der Waals surface area (Å²) in [6, 6.07) is 4.56. The third kappa shape index (κ3) is 3.79. The minimum Gasteiger partial charge on any atom is -0.496 e. The Bertz CT molecular complexity index is 484. The molecule has 0 spiro atoms. The highest BCUT2D eigenvalue weighted by atomic mass is 16.5. The maximum Gasteiger partial charge on any atom is 0.320 e. The van der Waals surface area contributed by atoms with E-state index in [0.29, 0.717) is 17.9 Å². The summed E-state index contributed by atoms with van der Waals surface area (Å²) in [5.41, 5.74) is 1.39. The van der Waals surface area contributed by atoms with Gasteiger partial charge in [0, 0.05) is 17.7 Å². The third-order valence-electron chi connectivity index (χ3n) is 3.13. The van der Waals surface area contributed by atoms with Gasteiger partial charge in [-0.25, -0.2) is 0 Å². The van der Waals surface area contributed by atoms with Crippen molar-refractivity contribution in [1.82, 2.24) is 4.90 Å². The van der Waals surface area contributed by atoms with Gasteiger partial charge in [-0.05, 0) is 39.1 Å². The summed E-state index contributed by atoms with van der Waals surface area (Å²) >= 11 is 0. The van der Waals surface area contributed by atoms with Gasteiger partial charge in [0.2, 0.25) is 0 Å². The molecule has 5 nitrogen and oxygen atoms in total. The second-order valence-electron chi connectivity index (χ2n) is 4.51. The van der Waals surface area contributed by atoms with Crippen molar-refractivity contribution < 1.29 is 19.4 Å². The molecule has 1 N–H and O–H groups in total. The number of carboxylic acid groups (broad SMARTS) is 1. The second kappa shape index (κ2) is 6.33. The van der Waals surface area contributed by atoms with E-state index in [9.17, 15) is 9.59 Å². The van der Waals surface area contributed by atoms with Gasteiger partial charge in [-0.1, -0.05) is 0 Å². The van der Waals surface area contributed by atoms with E-state index in [0.717, 1.165) is 5.56 Å². The average Bonchev–Trinajstić information content (AvgIpc) is 2.37. The predicted octanol–water partition coefficient (Wildman–Crippen LogP) is 1.80. The summed E-state index contributed by atoms with van der Waals surface area (Å²) in [5.74, 6) is -0.267. The topological polar surface area (TPSA) is 66.8 Å². The number of benzene rings is 1. The number of nitrogens with zero attached hydrogens (tertiary/aromatic N) is 1. The molecular weight excluding hydrogens is 246 g/mol. The van der Waals surface area contributed by atoms with Crippen LogP contribution in [0.5, 0.6) is 5.75 Å². The Hall–Kier alpha value is -1.88. The monoisotopic (exact) mass is 265 g/mol. The molecule has 0 amide bonds. The van der Waals surface area contributed by atoms with Crippen molar-refractivity contribution in [2.45, 2.75) is 26.4 Å². The van der Waals surface area contributed by atoms with Crippen LogP contribution in [0.4, 0.5) is 0 Å². The lowest BCUT2D eigenvalue weighted by molar-refractivity contribution is -0.142. The smallest absolute Gasteiger partial charge is 0.320 e. The van der Waals surface area contributed by atoms with Crippen LogP contribution in [0, 0.1) is 0 Å². The van der Waals surface area contributed by atoms with Gasteiger partial charge in [-0.2, -0.15) is 0 Å². The zero-order valence-corrected chi connectivity index (χ0v) is 11.6. The van der Waals surface area contributed by atoms with Gasteiger partial charge in [-0.3, -0.25) is 14.5 Å². The van der Waals surface area contributed by atoms with E-state index >= 15 is 0 Å². The van der Waals surface area contributed by atoms with Crippen LogP contribution in [0.1, 0.15) is 29.8 Å². The number of rotatable bonds is 6. The fourth-order valence-corrected chi connectivity index (χ4v) is 1.72. The molecule has 0 radical (unpaired) electrons.